The highest BCUT2D eigenvalue weighted by Gasteiger charge is 2.26. The molecule has 0 atom stereocenters. The van der Waals surface area contributed by atoms with Crippen LogP contribution in [0.2, 0.25) is 5.02 Å². The van der Waals surface area contributed by atoms with E-state index < -0.39 is 0 Å². The van der Waals surface area contributed by atoms with Crippen LogP contribution in [0.25, 0.3) is 0 Å². The van der Waals surface area contributed by atoms with Crippen LogP contribution in [0.4, 0.5) is 10.5 Å². The molecule has 136 valence electrons. The number of hydrogen-bond donors (Lipinski definition) is 1. The average molecular weight is 364 g/mol. The molecular formula is C19H26ClN3O2. The summed E-state index contributed by atoms with van der Waals surface area (Å²) in [6.45, 7) is 3.23. The number of urea groups is 1. The Morgan fingerprint density at radius 3 is 2.44 bits per heavy atom. The summed E-state index contributed by atoms with van der Waals surface area (Å²) in [5.74, 6) is 0.686. The highest BCUT2D eigenvalue weighted by Crippen LogP contribution is 2.23. The molecule has 3 rings (SSSR count). The van der Waals surface area contributed by atoms with E-state index in [4.69, 9.17) is 11.6 Å². The summed E-state index contributed by atoms with van der Waals surface area (Å²) in [7, 11) is 0. The molecule has 0 unspecified atom stereocenters. The van der Waals surface area contributed by atoms with Crippen molar-refractivity contribution in [2.24, 2.45) is 5.92 Å². The number of hydrogen-bond acceptors (Lipinski definition) is 2. The summed E-state index contributed by atoms with van der Waals surface area (Å²) in [6.07, 6.45) is 5.92. The molecule has 2 heterocycles. The zero-order chi connectivity index (χ0) is 17.6. The van der Waals surface area contributed by atoms with E-state index in [0.29, 0.717) is 42.0 Å². The van der Waals surface area contributed by atoms with Gasteiger partial charge in [0.1, 0.15) is 0 Å². The Kier molecular flexibility index (Phi) is 6.19. The highest BCUT2D eigenvalue weighted by atomic mass is 35.5. The van der Waals surface area contributed by atoms with Crippen molar-refractivity contribution in [1.82, 2.24) is 9.80 Å². The number of carbonyl (C=O) groups is 2. The van der Waals surface area contributed by atoms with E-state index in [2.05, 4.69) is 5.32 Å². The molecule has 5 nitrogen and oxygen atoms in total. The number of anilines is 1. The summed E-state index contributed by atoms with van der Waals surface area (Å²) < 4.78 is 0. The van der Waals surface area contributed by atoms with Gasteiger partial charge in [0.2, 0.25) is 5.91 Å². The monoisotopic (exact) mass is 363 g/mol. The SMILES string of the molecule is O=C(CC1CCN(C(=O)Nc2cccc(Cl)c2)CC1)N1CCCCC1. The Hall–Kier alpha value is -1.75. The molecule has 25 heavy (non-hydrogen) atoms. The van der Waals surface area contributed by atoms with Gasteiger partial charge in [-0.1, -0.05) is 17.7 Å². The maximum absolute atomic E-state index is 12.4. The molecule has 0 bridgehead atoms. The van der Waals surface area contributed by atoms with Crippen LogP contribution in [0.15, 0.2) is 24.3 Å². The topological polar surface area (TPSA) is 52.7 Å². The molecule has 0 spiro atoms. The minimum Gasteiger partial charge on any atom is -0.343 e. The van der Waals surface area contributed by atoms with Crippen LogP contribution in [0.5, 0.6) is 0 Å². The molecule has 1 aromatic carbocycles. The summed E-state index contributed by atoms with van der Waals surface area (Å²) in [4.78, 5) is 28.6. The van der Waals surface area contributed by atoms with Crippen LogP contribution in [0, 0.1) is 5.92 Å². The number of likely N-dealkylation sites (tertiary alicyclic amines) is 2. The van der Waals surface area contributed by atoms with Gasteiger partial charge in [0.05, 0.1) is 0 Å². The van der Waals surface area contributed by atoms with Crippen LogP contribution in [-0.2, 0) is 4.79 Å². The molecule has 1 aromatic rings. The maximum Gasteiger partial charge on any atom is 0.321 e. The summed E-state index contributed by atoms with van der Waals surface area (Å²) >= 11 is 5.94. The van der Waals surface area contributed by atoms with Crippen molar-refractivity contribution >= 4 is 29.2 Å². The van der Waals surface area contributed by atoms with Gasteiger partial charge in [-0.3, -0.25) is 4.79 Å². The number of nitrogens with zero attached hydrogens (tertiary/aromatic N) is 2. The summed E-state index contributed by atoms with van der Waals surface area (Å²) in [6, 6.07) is 7.07. The lowest BCUT2D eigenvalue weighted by Crippen LogP contribution is -2.42. The first-order chi connectivity index (χ1) is 12.1. The van der Waals surface area contributed by atoms with Crippen molar-refractivity contribution in [3.05, 3.63) is 29.3 Å². The Morgan fingerprint density at radius 2 is 1.76 bits per heavy atom. The fraction of sp³-hybridized carbons (Fsp3) is 0.579. The summed E-state index contributed by atoms with van der Waals surface area (Å²) in [5.41, 5.74) is 0.708. The number of rotatable bonds is 3. The van der Waals surface area contributed by atoms with Crippen molar-refractivity contribution in [3.8, 4) is 0 Å². The molecular weight excluding hydrogens is 338 g/mol. The minimum absolute atomic E-state index is 0.0944. The number of piperidine rings is 2. The lowest BCUT2D eigenvalue weighted by atomic mass is 9.93. The molecule has 0 aromatic heterocycles. The normalized spacial score (nSPS) is 18.9. The number of amides is 3. The van der Waals surface area contributed by atoms with Crippen LogP contribution >= 0.6 is 11.6 Å². The molecule has 0 aliphatic carbocycles. The van der Waals surface area contributed by atoms with Crippen molar-refractivity contribution in [1.29, 1.82) is 0 Å². The standard InChI is InChI=1S/C19H26ClN3O2/c20-16-5-4-6-17(14-16)21-19(25)23-11-7-15(8-12-23)13-18(24)22-9-2-1-3-10-22/h4-6,14-15H,1-3,7-13H2,(H,21,25). The van der Waals surface area contributed by atoms with Crippen molar-refractivity contribution in [2.75, 3.05) is 31.5 Å². The molecule has 2 fully saturated rings. The van der Waals surface area contributed by atoms with E-state index in [1.807, 2.05) is 21.9 Å². The van der Waals surface area contributed by atoms with E-state index in [-0.39, 0.29) is 6.03 Å². The Balaban J connectivity index is 1.43. The van der Waals surface area contributed by atoms with Gasteiger partial charge in [-0.05, 0) is 56.2 Å². The lowest BCUT2D eigenvalue weighted by molar-refractivity contribution is -0.133. The predicted molar refractivity (Wildman–Crippen MR) is 99.8 cm³/mol. The highest BCUT2D eigenvalue weighted by molar-refractivity contribution is 6.30. The van der Waals surface area contributed by atoms with Gasteiger partial charge in [0.15, 0.2) is 0 Å². The molecule has 2 aliphatic rings. The van der Waals surface area contributed by atoms with Crippen molar-refractivity contribution in [2.45, 2.75) is 38.5 Å². The minimum atomic E-state index is -0.0944. The second kappa shape index (κ2) is 8.56. The van der Waals surface area contributed by atoms with Gasteiger partial charge in [-0.25, -0.2) is 4.79 Å². The first kappa shape index (κ1) is 18.1. The number of nitrogens with one attached hydrogen (secondary N) is 1. The molecule has 0 saturated carbocycles. The van der Waals surface area contributed by atoms with Crippen molar-refractivity contribution in [3.63, 3.8) is 0 Å². The molecule has 6 heteroatoms. The smallest absolute Gasteiger partial charge is 0.321 e. The number of benzene rings is 1. The van der Waals surface area contributed by atoms with Gasteiger partial charge >= 0.3 is 6.03 Å². The van der Waals surface area contributed by atoms with Crippen LogP contribution < -0.4 is 5.32 Å². The Labute approximate surface area is 154 Å². The summed E-state index contributed by atoms with van der Waals surface area (Å²) in [5, 5.41) is 3.49. The number of carbonyl (C=O) groups excluding carboxylic acids is 2. The van der Waals surface area contributed by atoms with Crippen LogP contribution in [0.3, 0.4) is 0 Å². The van der Waals surface area contributed by atoms with Gasteiger partial charge in [-0.2, -0.15) is 0 Å². The Morgan fingerprint density at radius 1 is 1.04 bits per heavy atom. The fourth-order valence-corrected chi connectivity index (χ4v) is 3.82. The first-order valence-electron chi connectivity index (χ1n) is 9.21. The van der Waals surface area contributed by atoms with Gasteiger partial charge in [-0.15, -0.1) is 0 Å². The largest absolute Gasteiger partial charge is 0.343 e. The third-order valence-corrected chi connectivity index (χ3v) is 5.38. The quantitative estimate of drug-likeness (QED) is 0.882. The van der Waals surface area contributed by atoms with Crippen LogP contribution in [-0.4, -0.2) is 47.9 Å². The van der Waals surface area contributed by atoms with E-state index >= 15 is 0 Å². The molecule has 2 saturated heterocycles. The molecule has 3 amide bonds. The predicted octanol–water partition coefficient (Wildman–Crippen LogP) is 3.99. The van der Waals surface area contributed by atoms with E-state index in [1.165, 1.54) is 6.42 Å². The van der Waals surface area contributed by atoms with E-state index in [9.17, 15) is 9.59 Å². The van der Waals surface area contributed by atoms with Gasteiger partial charge in [0, 0.05) is 43.3 Å². The maximum atomic E-state index is 12.4. The lowest BCUT2D eigenvalue weighted by Gasteiger charge is -2.33. The third kappa shape index (κ3) is 5.11. The van der Waals surface area contributed by atoms with Gasteiger partial charge < -0.3 is 15.1 Å². The van der Waals surface area contributed by atoms with Gasteiger partial charge in [0.25, 0.3) is 0 Å². The fourth-order valence-electron chi connectivity index (χ4n) is 3.63. The Bertz CT molecular complexity index is 608. The van der Waals surface area contributed by atoms with Crippen LogP contribution in [0.1, 0.15) is 38.5 Å². The zero-order valence-electron chi connectivity index (χ0n) is 14.5. The van der Waals surface area contributed by atoms with E-state index in [1.54, 1.807) is 12.1 Å². The zero-order valence-corrected chi connectivity index (χ0v) is 15.3. The van der Waals surface area contributed by atoms with Crippen molar-refractivity contribution < 1.29 is 9.59 Å². The number of halogens is 1. The molecule has 0 radical (unpaired) electrons. The first-order valence-corrected chi connectivity index (χ1v) is 9.59. The molecule has 1 N–H and O–H groups in total. The third-order valence-electron chi connectivity index (χ3n) is 5.15. The molecule has 2 aliphatic heterocycles. The van der Waals surface area contributed by atoms with E-state index in [0.717, 1.165) is 38.8 Å². The average Bonchev–Trinajstić information content (AvgIpc) is 2.63. The second-order valence-electron chi connectivity index (χ2n) is 7.02. The second-order valence-corrected chi connectivity index (χ2v) is 7.45.